The number of nitrogens with two attached hydrogens (primary N) is 1. The van der Waals surface area contributed by atoms with Gasteiger partial charge >= 0.3 is 19.8 Å². The molecule has 0 fully saturated rings. The predicted octanol–water partition coefficient (Wildman–Crippen LogP) is 13.3. The molecule has 0 heterocycles. The fourth-order valence-electron chi connectivity index (χ4n) is 6.45. The van der Waals surface area contributed by atoms with Crippen LogP contribution in [0.15, 0.2) is 36.5 Å². The Balaban J connectivity index is 4.19. The molecule has 3 unspecified atom stereocenters. The Bertz CT molecular complexity index is 1070. The zero-order valence-electron chi connectivity index (χ0n) is 37.1. The molecule has 11 heteroatoms. The summed E-state index contributed by atoms with van der Waals surface area (Å²) in [5.74, 6) is -1.78. The van der Waals surface area contributed by atoms with Crippen molar-refractivity contribution in [3.63, 3.8) is 0 Å². The molecule has 3 atom stereocenters. The standard InChI is InChI=1S/C47H88NO9P/c1-3-5-7-9-11-13-15-17-19-20-21-22-23-24-25-27-29-31-33-35-37-39-46(49)57-44(42-55-58(52,53)56-43-45(48)47(50)51)41-54-40-38-36-34-32-30-28-26-18-16-14-12-10-8-6-4-2/h15-18,20-21,44-45H,3-14,19,22-43,48H2,1-2H3,(H,50,51)(H,52,53)/b17-15-,18-16-,21-20-. The molecule has 0 radical (unpaired) electrons. The van der Waals surface area contributed by atoms with Gasteiger partial charge in [-0.1, -0.05) is 172 Å². The lowest BCUT2D eigenvalue weighted by Crippen LogP contribution is -2.34. The Morgan fingerprint density at radius 3 is 1.41 bits per heavy atom. The predicted molar refractivity (Wildman–Crippen MR) is 240 cm³/mol. The molecule has 0 aromatic heterocycles. The molecule has 10 nitrogen and oxygen atoms in total. The summed E-state index contributed by atoms with van der Waals surface area (Å²) in [7, 11) is -4.62. The van der Waals surface area contributed by atoms with Crippen LogP contribution in [-0.2, 0) is 32.7 Å². The molecule has 4 N–H and O–H groups in total. The summed E-state index contributed by atoms with van der Waals surface area (Å²) < 4.78 is 33.4. The highest BCUT2D eigenvalue weighted by molar-refractivity contribution is 7.47. The molecule has 0 aromatic rings. The quantitative estimate of drug-likeness (QED) is 0.0233. The first-order chi connectivity index (χ1) is 28.2. The number of allylic oxidation sites excluding steroid dienone is 6. The number of ether oxygens (including phenoxy) is 2. The fourth-order valence-corrected chi connectivity index (χ4v) is 7.23. The fraction of sp³-hybridized carbons (Fsp3) is 0.830. The Labute approximate surface area is 355 Å². The molecule has 58 heavy (non-hydrogen) atoms. The number of rotatable bonds is 45. The smallest absolute Gasteiger partial charge is 0.472 e. The number of carboxylic acids is 1. The second-order valence-corrected chi connectivity index (χ2v) is 17.3. The Morgan fingerprint density at radius 1 is 0.552 bits per heavy atom. The van der Waals surface area contributed by atoms with Crippen LogP contribution in [-0.4, -0.2) is 60.5 Å². The largest absolute Gasteiger partial charge is 0.480 e. The van der Waals surface area contributed by atoms with Crippen LogP contribution < -0.4 is 5.73 Å². The van der Waals surface area contributed by atoms with Gasteiger partial charge in [-0.15, -0.1) is 0 Å². The maximum atomic E-state index is 12.7. The summed E-state index contributed by atoms with van der Waals surface area (Å²) in [6.07, 6.45) is 49.1. The first-order valence-corrected chi connectivity index (χ1v) is 25.0. The van der Waals surface area contributed by atoms with E-state index in [1.165, 1.54) is 128 Å². The third kappa shape index (κ3) is 42.3. The number of aliphatic carboxylic acids is 1. The van der Waals surface area contributed by atoms with Crippen LogP contribution in [0.5, 0.6) is 0 Å². The van der Waals surface area contributed by atoms with E-state index in [9.17, 15) is 19.0 Å². The molecule has 0 amide bonds. The van der Waals surface area contributed by atoms with E-state index in [1.807, 2.05) is 0 Å². The van der Waals surface area contributed by atoms with Crippen LogP contribution in [0.3, 0.4) is 0 Å². The minimum absolute atomic E-state index is 0.0122. The number of esters is 1. The zero-order chi connectivity index (χ0) is 42.6. The lowest BCUT2D eigenvalue weighted by Gasteiger charge is -2.20. The SMILES string of the molecule is CCCCCCC/C=C\C/C=C\CCCCCCCCCCCC(=O)OC(COCCCCCCCC/C=C\CCCCCCC)COP(=O)(O)OCC(N)C(=O)O. The van der Waals surface area contributed by atoms with Gasteiger partial charge in [0.1, 0.15) is 12.1 Å². The highest BCUT2D eigenvalue weighted by atomic mass is 31.2. The van der Waals surface area contributed by atoms with Crippen LogP contribution in [0.1, 0.15) is 213 Å². The summed E-state index contributed by atoms with van der Waals surface area (Å²) in [6.45, 7) is 3.86. The third-order valence-electron chi connectivity index (χ3n) is 10.1. The number of hydrogen-bond donors (Lipinski definition) is 3. The first-order valence-electron chi connectivity index (χ1n) is 23.5. The van der Waals surface area contributed by atoms with Crippen molar-refractivity contribution in [3.05, 3.63) is 36.5 Å². The first kappa shape index (κ1) is 56.2. The Hall–Kier alpha value is -1.81. The van der Waals surface area contributed by atoms with Gasteiger partial charge in [-0.3, -0.25) is 18.6 Å². The van der Waals surface area contributed by atoms with E-state index in [0.29, 0.717) is 13.0 Å². The number of hydrogen-bond acceptors (Lipinski definition) is 8. The average Bonchev–Trinajstić information content (AvgIpc) is 3.20. The van der Waals surface area contributed by atoms with Gasteiger partial charge in [0, 0.05) is 13.0 Å². The number of unbranched alkanes of at least 4 members (excludes halogenated alkanes) is 25. The minimum atomic E-state index is -4.62. The monoisotopic (exact) mass is 842 g/mol. The molecule has 0 aliphatic carbocycles. The van der Waals surface area contributed by atoms with E-state index in [1.54, 1.807) is 0 Å². The van der Waals surface area contributed by atoms with Crippen molar-refractivity contribution in [2.24, 2.45) is 5.73 Å². The minimum Gasteiger partial charge on any atom is -0.480 e. The number of carboxylic acid groups (broad SMARTS) is 1. The molecular weight excluding hydrogens is 753 g/mol. The number of phosphoric ester groups is 1. The average molecular weight is 842 g/mol. The summed E-state index contributed by atoms with van der Waals surface area (Å²) in [6, 6.07) is -1.47. The summed E-state index contributed by atoms with van der Waals surface area (Å²) in [5, 5.41) is 8.91. The normalized spacial score (nSPS) is 14.1. The Morgan fingerprint density at radius 2 is 0.948 bits per heavy atom. The van der Waals surface area contributed by atoms with Crippen LogP contribution in [0.2, 0.25) is 0 Å². The lowest BCUT2D eigenvalue weighted by molar-refractivity contribution is -0.154. The van der Waals surface area contributed by atoms with E-state index in [0.717, 1.165) is 57.8 Å². The number of carbonyl (C=O) groups excluding carboxylic acids is 1. The summed E-state index contributed by atoms with van der Waals surface area (Å²) >= 11 is 0. The third-order valence-corrected chi connectivity index (χ3v) is 11.1. The van der Waals surface area contributed by atoms with Crippen molar-refractivity contribution in [3.8, 4) is 0 Å². The van der Waals surface area contributed by atoms with Gasteiger partial charge in [0.15, 0.2) is 0 Å². The summed E-state index contributed by atoms with van der Waals surface area (Å²) in [4.78, 5) is 33.6. The van der Waals surface area contributed by atoms with E-state index in [4.69, 9.17) is 29.4 Å². The van der Waals surface area contributed by atoms with Crippen molar-refractivity contribution in [2.45, 2.75) is 225 Å². The maximum Gasteiger partial charge on any atom is 0.472 e. The van der Waals surface area contributed by atoms with Gasteiger partial charge in [0.25, 0.3) is 0 Å². The molecule has 0 aliphatic rings. The molecule has 0 saturated heterocycles. The summed E-state index contributed by atoms with van der Waals surface area (Å²) in [5.41, 5.74) is 5.36. The van der Waals surface area contributed by atoms with E-state index in [2.05, 4.69) is 50.3 Å². The van der Waals surface area contributed by atoms with Gasteiger partial charge in [0.05, 0.1) is 19.8 Å². The van der Waals surface area contributed by atoms with Gasteiger partial charge in [-0.25, -0.2) is 4.57 Å². The van der Waals surface area contributed by atoms with Gasteiger partial charge in [-0.2, -0.15) is 0 Å². The lowest BCUT2D eigenvalue weighted by atomic mass is 10.1. The van der Waals surface area contributed by atoms with Gasteiger partial charge in [0.2, 0.25) is 0 Å². The highest BCUT2D eigenvalue weighted by Crippen LogP contribution is 2.43. The van der Waals surface area contributed by atoms with E-state index in [-0.39, 0.29) is 13.0 Å². The van der Waals surface area contributed by atoms with Crippen LogP contribution >= 0.6 is 7.82 Å². The van der Waals surface area contributed by atoms with Crippen molar-refractivity contribution in [1.29, 1.82) is 0 Å². The second-order valence-electron chi connectivity index (χ2n) is 15.9. The van der Waals surface area contributed by atoms with Crippen molar-refractivity contribution in [2.75, 3.05) is 26.4 Å². The van der Waals surface area contributed by atoms with E-state index >= 15 is 0 Å². The van der Waals surface area contributed by atoms with Crippen molar-refractivity contribution >= 4 is 19.8 Å². The molecule has 0 spiro atoms. The maximum absolute atomic E-state index is 12.7. The Kier molecular flexibility index (Phi) is 41.9. The molecule has 0 aliphatic heterocycles. The number of carbonyl (C=O) groups is 2. The van der Waals surface area contributed by atoms with Crippen LogP contribution in [0, 0.1) is 0 Å². The molecule has 0 aromatic carbocycles. The second kappa shape index (κ2) is 43.3. The van der Waals surface area contributed by atoms with Crippen molar-refractivity contribution in [1.82, 2.24) is 0 Å². The zero-order valence-corrected chi connectivity index (χ0v) is 38.0. The van der Waals surface area contributed by atoms with Crippen LogP contribution in [0.25, 0.3) is 0 Å². The van der Waals surface area contributed by atoms with E-state index < -0.39 is 45.1 Å². The molecule has 340 valence electrons. The van der Waals surface area contributed by atoms with Crippen molar-refractivity contribution < 1.29 is 42.7 Å². The van der Waals surface area contributed by atoms with Gasteiger partial charge in [-0.05, 0) is 70.6 Å². The molecule has 0 rings (SSSR count). The molecule has 0 saturated carbocycles. The highest BCUT2D eigenvalue weighted by Gasteiger charge is 2.27. The van der Waals surface area contributed by atoms with Crippen LogP contribution in [0.4, 0.5) is 0 Å². The van der Waals surface area contributed by atoms with Gasteiger partial charge < -0.3 is 25.2 Å². The topological polar surface area (TPSA) is 155 Å². The molecular formula is C47H88NO9P. The number of phosphoric acid groups is 1. The molecule has 0 bridgehead atoms.